The van der Waals surface area contributed by atoms with Crippen molar-refractivity contribution in [2.45, 2.75) is 6.92 Å². The maximum Gasteiger partial charge on any atom is 0.257 e. The molecule has 2 amide bonds. The lowest BCUT2D eigenvalue weighted by molar-refractivity contribution is -0.129. The number of carbonyl (C=O) groups excluding carboxylic acids is 2. The minimum absolute atomic E-state index is 0.0755. The number of nitrogens with one attached hydrogen (secondary N) is 2. The molecule has 1 saturated heterocycles. The second-order valence-corrected chi connectivity index (χ2v) is 7.39. The summed E-state index contributed by atoms with van der Waals surface area (Å²) in [4.78, 5) is 27.5. The minimum atomic E-state index is -0.437. The molecular formula is C20H20ClFN4O2S. The standard InChI is InChI=1S/C20H20ClFN4O2S/c1-13(27)25-8-10-26(11-9-25)18-7-6-16(12-17(18)21)23-20(29)24-19(28)14-2-4-15(22)5-3-14/h2-7,12H,8-11H2,1H3,(H2,23,24,28,29). The van der Waals surface area contributed by atoms with E-state index in [2.05, 4.69) is 15.5 Å². The van der Waals surface area contributed by atoms with E-state index in [-0.39, 0.29) is 11.0 Å². The molecule has 6 nitrogen and oxygen atoms in total. The van der Waals surface area contributed by atoms with Gasteiger partial charge in [-0.3, -0.25) is 14.9 Å². The molecule has 3 rings (SSSR count). The highest BCUT2D eigenvalue weighted by Gasteiger charge is 2.20. The van der Waals surface area contributed by atoms with Crippen molar-refractivity contribution < 1.29 is 14.0 Å². The van der Waals surface area contributed by atoms with Crippen LogP contribution in [0.3, 0.4) is 0 Å². The lowest BCUT2D eigenvalue weighted by Crippen LogP contribution is -2.48. The predicted octanol–water partition coefficient (Wildman–Crippen LogP) is 3.27. The third-order valence-electron chi connectivity index (χ3n) is 4.60. The second-order valence-electron chi connectivity index (χ2n) is 6.57. The highest BCUT2D eigenvalue weighted by Crippen LogP contribution is 2.29. The van der Waals surface area contributed by atoms with Crippen LogP contribution >= 0.6 is 23.8 Å². The summed E-state index contributed by atoms with van der Waals surface area (Å²) >= 11 is 11.6. The molecule has 9 heteroatoms. The van der Waals surface area contributed by atoms with Crippen LogP contribution in [0.25, 0.3) is 0 Å². The van der Waals surface area contributed by atoms with Crippen LogP contribution in [-0.2, 0) is 4.79 Å². The molecule has 1 aliphatic rings. The molecule has 0 bridgehead atoms. The lowest BCUT2D eigenvalue weighted by Gasteiger charge is -2.36. The summed E-state index contributed by atoms with van der Waals surface area (Å²) in [6.45, 7) is 4.30. The number of hydrogen-bond acceptors (Lipinski definition) is 4. The van der Waals surface area contributed by atoms with Gasteiger partial charge in [0, 0.05) is 44.4 Å². The number of hydrogen-bond donors (Lipinski definition) is 2. The first-order chi connectivity index (χ1) is 13.8. The Morgan fingerprint density at radius 1 is 1.07 bits per heavy atom. The summed E-state index contributed by atoms with van der Waals surface area (Å²) in [7, 11) is 0. The van der Waals surface area contributed by atoms with Gasteiger partial charge >= 0.3 is 0 Å². The zero-order valence-corrected chi connectivity index (χ0v) is 17.3. The fourth-order valence-corrected chi connectivity index (χ4v) is 3.55. The SMILES string of the molecule is CC(=O)N1CCN(c2ccc(NC(=S)NC(=O)c3ccc(F)cc3)cc2Cl)CC1. The minimum Gasteiger partial charge on any atom is -0.367 e. The van der Waals surface area contributed by atoms with Crippen LogP contribution in [0.4, 0.5) is 15.8 Å². The molecule has 0 aliphatic carbocycles. The van der Waals surface area contributed by atoms with E-state index in [0.29, 0.717) is 42.5 Å². The molecule has 2 N–H and O–H groups in total. The number of anilines is 2. The molecule has 29 heavy (non-hydrogen) atoms. The van der Waals surface area contributed by atoms with Crippen molar-refractivity contribution in [2.24, 2.45) is 0 Å². The van der Waals surface area contributed by atoms with Crippen molar-refractivity contribution in [1.29, 1.82) is 0 Å². The quantitative estimate of drug-likeness (QED) is 0.726. The molecule has 2 aromatic carbocycles. The Hall–Kier alpha value is -2.71. The van der Waals surface area contributed by atoms with Crippen LogP contribution in [0.5, 0.6) is 0 Å². The van der Waals surface area contributed by atoms with E-state index in [4.69, 9.17) is 23.8 Å². The highest BCUT2D eigenvalue weighted by molar-refractivity contribution is 7.80. The molecule has 0 radical (unpaired) electrons. The summed E-state index contributed by atoms with van der Waals surface area (Å²) in [5.41, 5.74) is 1.81. The van der Waals surface area contributed by atoms with Crippen molar-refractivity contribution in [3.05, 3.63) is 58.9 Å². The van der Waals surface area contributed by atoms with Crippen molar-refractivity contribution in [1.82, 2.24) is 10.2 Å². The van der Waals surface area contributed by atoms with E-state index in [1.165, 1.54) is 24.3 Å². The summed E-state index contributed by atoms with van der Waals surface area (Å²) in [5, 5.41) is 6.11. The largest absolute Gasteiger partial charge is 0.367 e. The van der Waals surface area contributed by atoms with Crippen molar-refractivity contribution >= 4 is 52.1 Å². The van der Waals surface area contributed by atoms with Gasteiger partial charge in [0.05, 0.1) is 10.7 Å². The van der Waals surface area contributed by atoms with Gasteiger partial charge in [0.1, 0.15) is 5.82 Å². The second kappa shape index (κ2) is 9.19. The molecular weight excluding hydrogens is 415 g/mol. The molecule has 2 aromatic rings. The summed E-state index contributed by atoms with van der Waals surface area (Å²) < 4.78 is 13.0. The molecule has 0 unspecified atom stereocenters. The fourth-order valence-electron chi connectivity index (χ4n) is 3.04. The molecule has 0 aromatic heterocycles. The Kier molecular flexibility index (Phi) is 6.66. The van der Waals surface area contributed by atoms with Gasteiger partial charge in [0.15, 0.2) is 5.11 Å². The van der Waals surface area contributed by atoms with Crippen LogP contribution in [0.1, 0.15) is 17.3 Å². The van der Waals surface area contributed by atoms with Crippen LogP contribution < -0.4 is 15.5 Å². The third-order valence-corrected chi connectivity index (χ3v) is 5.11. The molecule has 0 atom stereocenters. The van der Waals surface area contributed by atoms with Crippen LogP contribution in [0.15, 0.2) is 42.5 Å². The molecule has 1 aliphatic heterocycles. The maximum absolute atomic E-state index is 13.0. The molecule has 1 heterocycles. The topological polar surface area (TPSA) is 64.7 Å². The third kappa shape index (κ3) is 5.42. The number of nitrogens with zero attached hydrogens (tertiary/aromatic N) is 2. The average molecular weight is 435 g/mol. The van der Waals surface area contributed by atoms with Gasteiger partial charge in [-0.1, -0.05) is 11.6 Å². The van der Waals surface area contributed by atoms with E-state index in [1.54, 1.807) is 13.0 Å². The van der Waals surface area contributed by atoms with E-state index in [1.807, 2.05) is 17.0 Å². The number of amides is 2. The van der Waals surface area contributed by atoms with Gasteiger partial charge in [0.2, 0.25) is 5.91 Å². The van der Waals surface area contributed by atoms with Gasteiger partial charge in [-0.05, 0) is 54.7 Å². The normalized spacial score (nSPS) is 13.8. The summed E-state index contributed by atoms with van der Waals surface area (Å²) in [6, 6.07) is 10.6. The van der Waals surface area contributed by atoms with Crippen LogP contribution in [-0.4, -0.2) is 48.0 Å². The Bertz CT molecular complexity index is 931. The van der Waals surface area contributed by atoms with Crippen LogP contribution in [0, 0.1) is 5.82 Å². The molecule has 0 spiro atoms. The lowest BCUT2D eigenvalue weighted by atomic mass is 10.2. The van der Waals surface area contributed by atoms with Gasteiger partial charge in [-0.2, -0.15) is 0 Å². The van der Waals surface area contributed by atoms with Gasteiger partial charge in [-0.15, -0.1) is 0 Å². The Morgan fingerprint density at radius 2 is 1.72 bits per heavy atom. The Balaban J connectivity index is 1.58. The van der Waals surface area contributed by atoms with Gasteiger partial charge in [-0.25, -0.2) is 4.39 Å². The number of halogens is 2. The number of thiocarbonyl (C=S) groups is 1. The summed E-state index contributed by atoms with van der Waals surface area (Å²) in [5.74, 6) is -0.778. The van der Waals surface area contributed by atoms with Gasteiger partial charge in [0.25, 0.3) is 5.91 Å². The number of piperazine rings is 1. The summed E-state index contributed by atoms with van der Waals surface area (Å²) in [6.07, 6.45) is 0. The Labute approximate surface area is 178 Å². The number of rotatable bonds is 3. The predicted molar refractivity (Wildman–Crippen MR) is 116 cm³/mol. The van der Waals surface area contributed by atoms with Crippen LogP contribution in [0.2, 0.25) is 5.02 Å². The first-order valence-electron chi connectivity index (χ1n) is 9.01. The average Bonchev–Trinajstić information content (AvgIpc) is 2.68. The monoisotopic (exact) mass is 434 g/mol. The fraction of sp³-hybridized carbons (Fsp3) is 0.250. The smallest absolute Gasteiger partial charge is 0.257 e. The zero-order chi connectivity index (χ0) is 21.0. The Morgan fingerprint density at radius 3 is 2.31 bits per heavy atom. The highest BCUT2D eigenvalue weighted by atomic mass is 35.5. The van der Waals surface area contributed by atoms with E-state index in [9.17, 15) is 14.0 Å². The maximum atomic E-state index is 13.0. The first kappa shape index (κ1) is 21.0. The zero-order valence-electron chi connectivity index (χ0n) is 15.7. The van der Waals surface area contributed by atoms with Crippen molar-refractivity contribution in [2.75, 3.05) is 36.4 Å². The number of benzene rings is 2. The molecule has 152 valence electrons. The van der Waals surface area contributed by atoms with E-state index < -0.39 is 11.7 Å². The van der Waals surface area contributed by atoms with Crippen molar-refractivity contribution in [3.63, 3.8) is 0 Å². The first-order valence-corrected chi connectivity index (χ1v) is 9.80. The van der Waals surface area contributed by atoms with E-state index >= 15 is 0 Å². The molecule has 1 fully saturated rings. The van der Waals surface area contributed by atoms with E-state index in [0.717, 1.165) is 5.69 Å². The number of carbonyl (C=O) groups is 2. The van der Waals surface area contributed by atoms with Gasteiger partial charge < -0.3 is 15.1 Å². The molecule has 0 saturated carbocycles. The van der Waals surface area contributed by atoms with Crippen molar-refractivity contribution in [3.8, 4) is 0 Å².